The number of pyridine rings is 1. The standard InChI is InChI=1S/C20H26N6O/c27-20(17-4-3-11-26(15-17)19-14-21-7-8-22-19)24-13-16-5-6-18(23-12-16)25-9-1-2-10-25/h5-8,12,14,17H,1-4,9-11,13,15H2,(H,24,27). The van der Waals surface area contributed by atoms with Gasteiger partial charge in [-0.15, -0.1) is 0 Å². The molecular formula is C20H26N6O. The van der Waals surface area contributed by atoms with Gasteiger partial charge >= 0.3 is 0 Å². The van der Waals surface area contributed by atoms with Gasteiger partial charge in [-0.25, -0.2) is 9.97 Å². The van der Waals surface area contributed by atoms with E-state index >= 15 is 0 Å². The number of carbonyl (C=O) groups excluding carboxylic acids is 1. The molecule has 2 aromatic rings. The Bertz CT molecular complexity index is 745. The topological polar surface area (TPSA) is 74.2 Å². The number of aromatic nitrogens is 3. The minimum Gasteiger partial charge on any atom is -0.357 e. The van der Waals surface area contributed by atoms with Crippen LogP contribution in [0.4, 0.5) is 11.6 Å². The number of nitrogens with zero attached hydrogens (tertiary/aromatic N) is 5. The molecule has 7 heteroatoms. The lowest BCUT2D eigenvalue weighted by atomic mass is 9.97. The molecule has 1 atom stereocenters. The van der Waals surface area contributed by atoms with Crippen molar-refractivity contribution < 1.29 is 4.79 Å². The van der Waals surface area contributed by atoms with E-state index in [0.29, 0.717) is 13.1 Å². The van der Waals surface area contributed by atoms with Crippen molar-refractivity contribution in [2.75, 3.05) is 36.0 Å². The van der Waals surface area contributed by atoms with Crippen LogP contribution in [-0.2, 0) is 11.3 Å². The first-order valence-corrected chi connectivity index (χ1v) is 9.78. The van der Waals surface area contributed by atoms with E-state index in [-0.39, 0.29) is 11.8 Å². The van der Waals surface area contributed by atoms with Gasteiger partial charge in [-0.2, -0.15) is 0 Å². The molecular weight excluding hydrogens is 340 g/mol. The lowest BCUT2D eigenvalue weighted by molar-refractivity contribution is -0.125. The number of piperidine rings is 1. The average Bonchev–Trinajstić information content (AvgIpc) is 3.28. The highest BCUT2D eigenvalue weighted by atomic mass is 16.1. The minimum absolute atomic E-state index is 0.0161. The van der Waals surface area contributed by atoms with Gasteiger partial charge < -0.3 is 15.1 Å². The predicted molar refractivity (Wildman–Crippen MR) is 104 cm³/mol. The lowest BCUT2D eigenvalue weighted by Gasteiger charge is -2.32. The van der Waals surface area contributed by atoms with Crippen LogP contribution in [0.3, 0.4) is 0 Å². The largest absolute Gasteiger partial charge is 0.357 e. The van der Waals surface area contributed by atoms with E-state index < -0.39 is 0 Å². The molecule has 0 aliphatic carbocycles. The summed E-state index contributed by atoms with van der Waals surface area (Å²) in [4.78, 5) is 30.1. The van der Waals surface area contributed by atoms with Crippen molar-refractivity contribution in [1.82, 2.24) is 20.3 Å². The Hall–Kier alpha value is -2.70. The van der Waals surface area contributed by atoms with Crippen LogP contribution in [0.2, 0.25) is 0 Å². The normalized spacial score (nSPS) is 19.9. The maximum atomic E-state index is 12.6. The monoisotopic (exact) mass is 366 g/mol. The fourth-order valence-corrected chi connectivity index (χ4v) is 3.84. The first-order chi connectivity index (χ1) is 13.3. The molecule has 4 rings (SSSR count). The summed E-state index contributed by atoms with van der Waals surface area (Å²) in [5, 5.41) is 3.07. The van der Waals surface area contributed by atoms with Crippen molar-refractivity contribution in [2.45, 2.75) is 32.2 Å². The number of hydrogen-bond acceptors (Lipinski definition) is 6. The van der Waals surface area contributed by atoms with Gasteiger partial charge in [-0.1, -0.05) is 6.07 Å². The maximum Gasteiger partial charge on any atom is 0.225 e. The van der Waals surface area contributed by atoms with E-state index in [1.807, 2.05) is 6.20 Å². The quantitative estimate of drug-likeness (QED) is 0.873. The number of nitrogens with one attached hydrogen (secondary N) is 1. The summed E-state index contributed by atoms with van der Waals surface area (Å²) in [7, 11) is 0. The molecule has 0 saturated carbocycles. The van der Waals surface area contributed by atoms with Crippen LogP contribution in [0.15, 0.2) is 36.9 Å². The SMILES string of the molecule is O=C(NCc1ccc(N2CCCC2)nc1)C1CCCN(c2cnccn2)C1. The van der Waals surface area contributed by atoms with Crippen molar-refractivity contribution in [2.24, 2.45) is 5.92 Å². The van der Waals surface area contributed by atoms with E-state index in [9.17, 15) is 4.79 Å². The fraction of sp³-hybridized carbons (Fsp3) is 0.500. The molecule has 1 N–H and O–H groups in total. The van der Waals surface area contributed by atoms with Gasteiger partial charge in [0.1, 0.15) is 11.6 Å². The van der Waals surface area contributed by atoms with Gasteiger partial charge in [0.25, 0.3) is 0 Å². The van der Waals surface area contributed by atoms with E-state index in [0.717, 1.165) is 49.7 Å². The van der Waals surface area contributed by atoms with Crippen LogP contribution in [0.1, 0.15) is 31.2 Å². The summed E-state index contributed by atoms with van der Waals surface area (Å²) in [6.45, 7) is 4.31. The number of hydrogen-bond donors (Lipinski definition) is 1. The number of rotatable bonds is 5. The Kier molecular flexibility index (Phi) is 5.46. The van der Waals surface area contributed by atoms with Crippen LogP contribution in [0.25, 0.3) is 0 Å². The van der Waals surface area contributed by atoms with Gasteiger partial charge in [-0.3, -0.25) is 9.78 Å². The van der Waals surface area contributed by atoms with Crippen LogP contribution in [-0.4, -0.2) is 47.0 Å². The van der Waals surface area contributed by atoms with E-state index in [2.05, 4.69) is 42.2 Å². The van der Waals surface area contributed by atoms with Crippen LogP contribution < -0.4 is 15.1 Å². The molecule has 2 aliphatic rings. The first kappa shape index (κ1) is 17.7. The van der Waals surface area contributed by atoms with Crippen LogP contribution >= 0.6 is 0 Å². The molecule has 2 aliphatic heterocycles. The van der Waals surface area contributed by atoms with E-state index in [1.165, 1.54) is 12.8 Å². The molecule has 0 aromatic carbocycles. The van der Waals surface area contributed by atoms with Gasteiger partial charge in [0.05, 0.1) is 12.1 Å². The summed E-state index contributed by atoms with van der Waals surface area (Å²) in [5.74, 6) is 1.97. The molecule has 2 saturated heterocycles. The van der Waals surface area contributed by atoms with Crippen LogP contribution in [0, 0.1) is 5.92 Å². The van der Waals surface area contributed by atoms with Crippen molar-refractivity contribution in [1.29, 1.82) is 0 Å². The first-order valence-electron chi connectivity index (χ1n) is 9.78. The minimum atomic E-state index is -0.0161. The summed E-state index contributed by atoms with van der Waals surface area (Å²) < 4.78 is 0. The Labute approximate surface area is 159 Å². The van der Waals surface area contributed by atoms with Gasteiger partial charge in [0.2, 0.25) is 5.91 Å². The zero-order valence-electron chi connectivity index (χ0n) is 15.5. The number of amides is 1. The zero-order valence-corrected chi connectivity index (χ0v) is 15.5. The highest BCUT2D eigenvalue weighted by Crippen LogP contribution is 2.21. The van der Waals surface area contributed by atoms with Crippen LogP contribution in [0.5, 0.6) is 0 Å². The summed E-state index contributed by atoms with van der Waals surface area (Å²) in [6.07, 6.45) is 11.4. The fourth-order valence-electron chi connectivity index (χ4n) is 3.84. The molecule has 1 unspecified atom stereocenters. The van der Waals surface area contributed by atoms with Gasteiger partial charge in [-0.05, 0) is 37.3 Å². The summed E-state index contributed by atoms with van der Waals surface area (Å²) in [5.41, 5.74) is 1.04. The Morgan fingerprint density at radius 3 is 2.59 bits per heavy atom. The summed E-state index contributed by atoms with van der Waals surface area (Å²) in [6, 6.07) is 4.12. The lowest BCUT2D eigenvalue weighted by Crippen LogP contribution is -2.43. The van der Waals surface area contributed by atoms with E-state index in [4.69, 9.17) is 0 Å². The third kappa shape index (κ3) is 4.35. The third-order valence-electron chi connectivity index (χ3n) is 5.37. The third-order valence-corrected chi connectivity index (χ3v) is 5.37. The summed E-state index contributed by atoms with van der Waals surface area (Å²) >= 11 is 0. The second kappa shape index (κ2) is 8.33. The second-order valence-electron chi connectivity index (χ2n) is 7.29. The highest BCUT2D eigenvalue weighted by molar-refractivity contribution is 5.79. The molecule has 2 aromatic heterocycles. The number of carbonyl (C=O) groups is 1. The Morgan fingerprint density at radius 1 is 1.00 bits per heavy atom. The Morgan fingerprint density at radius 2 is 1.85 bits per heavy atom. The smallest absolute Gasteiger partial charge is 0.225 e. The molecule has 2 fully saturated rings. The second-order valence-corrected chi connectivity index (χ2v) is 7.29. The zero-order chi connectivity index (χ0) is 18.5. The number of anilines is 2. The Balaban J connectivity index is 1.29. The van der Waals surface area contributed by atoms with Gasteiger partial charge in [0.15, 0.2) is 0 Å². The molecule has 27 heavy (non-hydrogen) atoms. The molecule has 1 amide bonds. The molecule has 0 spiro atoms. The maximum absolute atomic E-state index is 12.6. The molecule has 4 heterocycles. The molecule has 142 valence electrons. The van der Waals surface area contributed by atoms with Crippen molar-refractivity contribution >= 4 is 17.5 Å². The van der Waals surface area contributed by atoms with Crippen molar-refractivity contribution in [3.8, 4) is 0 Å². The van der Waals surface area contributed by atoms with Crippen molar-refractivity contribution in [3.05, 3.63) is 42.5 Å². The molecule has 7 nitrogen and oxygen atoms in total. The van der Waals surface area contributed by atoms with Gasteiger partial charge in [0, 0.05) is 51.3 Å². The predicted octanol–water partition coefficient (Wildman–Crippen LogP) is 2.00. The average molecular weight is 366 g/mol. The van der Waals surface area contributed by atoms with Crippen molar-refractivity contribution in [3.63, 3.8) is 0 Å². The highest BCUT2D eigenvalue weighted by Gasteiger charge is 2.26. The van der Waals surface area contributed by atoms with E-state index in [1.54, 1.807) is 18.6 Å². The molecule has 0 bridgehead atoms. The molecule has 0 radical (unpaired) electrons.